The van der Waals surface area contributed by atoms with Gasteiger partial charge in [0, 0.05) is 59.9 Å². The van der Waals surface area contributed by atoms with Gasteiger partial charge in [-0.25, -0.2) is 9.37 Å². The maximum atomic E-state index is 14.2. The molecule has 1 fully saturated rings. The van der Waals surface area contributed by atoms with Crippen LogP contribution in [0, 0.1) is 22.6 Å². The molecule has 178 valence electrons. The van der Waals surface area contributed by atoms with Crippen LogP contribution in [0.2, 0.25) is 0 Å². The van der Waals surface area contributed by atoms with Gasteiger partial charge in [0.2, 0.25) is 0 Å². The van der Waals surface area contributed by atoms with Crippen molar-refractivity contribution in [2.45, 2.75) is 39.2 Å². The first kappa shape index (κ1) is 23.4. The van der Waals surface area contributed by atoms with E-state index < -0.39 is 11.9 Å². The Labute approximate surface area is 198 Å². The number of nitrogen functional groups attached to an aromatic ring is 1. The predicted molar refractivity (Wildman–Crippen MR) is 133 cm³/mol. The molecule has 0 spiro atoms. The average Bonchev–Trinajstić information content (AvgIpc) is 3.63. The number of hydrazone groups is 1. The summed E-state index contributed by atoms with van der Waals surface area (Å²) >= 11 is 0. The molecule has 2 bridgehead atoms. The molecule has 9 heteroatoms. The molecule has 0 radical (unpaired) electrons. The van der Waals surface area contributed by atoms with Crippen LogP contribution in [0.4, 0.5) is 10.2 Å². The molecular formula is C25H30FN7O. The van der Waals surface area contributed by atoms with Crippen LogP contribution in [-0.4, -0.2) is 35.7 Å². The van der Waals surface area contributed by atoms with E-state index in [9.17, 15) is 4.39 Å². The normalized spacial score (nSPS) is 21.7. The maximum Gasteiger partial charge on any atom is 0.166 e. The van der Waals surface area contributed by atoms with Crippen LogP contribution in [0.1, 0.15) is 55.9 Å². The SMILES string of the molecule is CN/N=C1/C/C(C(C)=N)=C(/NCC2CC2)c2cnc(N)c(c2)O[C@H](C)c2cc(F)ccc2C1=N. The minimum absolute atomic E-state index is 0.135. The van der Waals surface area contributed by atoms with E-state index in [0.29, 0.717) is 39.8 Å². The molecule has 0 saturated heterocycles. The van der Waals surface area contributed by atoms with E-state index in [0.717, 1.165) is 17.8 Å². The van der Waals surface area contributed by atoms with Crippen molar-refractivity contribution < 1.29 is 9.13 Å². The number of allylic oxidation sites excluding steroid dienone is 1. The quantitative estimate of drug-likeness (QED) is 0.337. The summed E-state index contributed by atoms with van der Waals surface area (Å²) in [5.74, 6) is 0.754. The van der Waals surface area contributed by atoms with E-state index in [1.165, 1.54) is 25.0 Å². The summed E-state index contributed by atoms with van der Waals surface area (Å²) in [6, 6.07) is 6.05. The molecule has 4 rings (SSSR count). The number of nitrogens with one attached hydrogen (secondary N) is 4. The number of pyridine rings is 1. The van der Waals surface area contributed by atoms with E-state index >= 15 is 0 Å². The number of anilines is 1. The summed E-state index contributed by atoms with van der Waals surface area (Å²) in [6.45, 7) is 4.28. The monoisotopic (exact) mass is 463 g/mol. The Balaban J connectivity index is 1.95. The van der Waals surface area contributed by atoms with Crippen LogP contribution in [0.25, 0.3) is 5.70 Å². The van der Waals surface area contributed by atoms with Gasteiger partial charge in [-0.1, -0.05) is 0 Å². The third kappa shape index (κ3) is 4.93. The second kappa shape index (κ2) is 9.62. The van der Waals surface area contributed by atoms with E-state index in [1.54, 1.807) is 39.2 Å². The summed E-state index contributed by atoms with van der Waals surface area (Å²) in [5, 5.41) is 25.4. The lowest BCUT2D eigenvalue weighted by Crippen LogP contribution is -2.26. The van der Waals surface area contributed by atoms with E-state index in [4.69, 9.17) is 21.3 Å². The van der Waals surface area contributed by atoms with Crippen LogP contribution in [0.15, 0.2) is 41.1 Å². The number of benzene rings is 1. The van der Waals surface area contributed by atoms with Gasteiger partial charge in [-0.2, -0.15) is 5.10 Å². The maximum absolute atomic E-state index is 14.2. The Morgan fingerprint density at radius 3 is 2.76 bits per heavy atom. The molecule has 2 aliphatic rings. The molecule has 1 aliphatic heterocycles. The van der Waals surface area contributed by atoms with Gasteiger partial charge in [0.05, 0.1) is 11.4 Å². The Morgan fingerprint density at radius 2 is 2.09 bits per heavy atom. The molecule has 0 amide bonds. The fourth-order valence-electron chi connectivity index (χ4n) is 4.04. The zero-order valence-electron chi connectivity index (χ0n) is 19.6. The second-order valence-electron chi connectivity index (χ2n) is 8.74. The van der Waals surface area contributed by atoms with Crippen molar-refractivity contribution in [1.29, 1.82) is 10.8 Å². The van der Waals surface area contributed by atoms with Crippen molar-refractivity contribution in [3.63, 3.8) is 0 Å². The average molecular weight is 464 g/mol. The van der Waals surface area contributed by atoms with Crippen LogP contribution in [0.3, 0.4) is 0 Å². The number of hydrogen-bond acceptors (Lipinski definition) is 8. The first-order chi connectivity index (χ1) is 16.3. The first-order valence-electron chi connectivity index (χ1n) is 11.4. The Hall–Kier alpha value is -3.75. The fourth-order valence-corrected chi connectivity index (χ4v) is 4.04. The second-order valence-corrected chi connectivity index (χ2v) is 8.74. The summed E-state index contributed by atoms with van der Waals surface area (Å²) in [6.07, 6.45) is 3.64. The number of fused-ring (bicyclic) bond motifs is 3. The topological polar surface area (TPSA) is 132 Å². The van der Waals surface area contributed by atoms with Gasteiger partial charge >= 0.3 is 0 Å². The molecular weight excluding hydrogens is 433 g/mol. The summed E-state index contributed by atoms with van der Waals surface area (Å²) in [5.41, 5.74) is 13.0. The largest absolute Gasteiger partial charge is 0.482 e. The van der Waals surface area contributed by atoms with Gasteiger partial charge in [0.25, 0.3) is 0 Å². The lowest BCUT2D eigenvalue weighted by atomic mass is 9.91. The van der Waals surface area contributed by atoms with Gasteiger partial charge in [0.15, 0.2) is 11.6 Å². The highest BCUT2D eigenvalue weighted by molar-refractivity contribution is 6.48. The van der Waals surface area contributed by atoms with E-state index in [-0.39, 0.29) is 18.0 Å². The smallest absolute Gasteiger partial charge is 0.166 e. The highest BCUT2D eigenvalue weighted by Gasteiger charge is 2.26. The summed E-state index contributed by atoms with van der Waals surface area (Å²) < 4.78 is 20.4. The lowest BCUT2D eigenvalue weighted by molar-refractivity contribution is 0.227. The molecule has 34 heavy (non-hydrogen) atoms. The minimum Gasteiger partial charge on any atom is -0.482 e. The number of hydrogen-bond donors (Lipinski definition) is 5. The summed E-state index contributed by atoms with van der Waals surface area (Å²) in [4.78, 5) is 4.34. The molecule has 1 aromatic heterocycles. The zero-order valence-corrected chi connectivity index (χ0v) is 19.6. The molecule has 2 heterocycles. The van der Waals surface area contributed by atoms with Crippen molar-refractivity contribution in [3.05, 3.63) is 58.5 Å². The number of ether oxygens (including phenoxy) is 1. The van der Waals surface area contributed by atoms with Crippen molar-refractivity contribution in [2.24, 2.45) is 11.0 Å². The molecule has 0 unspecified atom stereocenters. The minimum atomic E-state index is -0.601. The van der Waals surface area contributed by atoms with Crippen molar-refractivity contribution in [2.75, 3.05) is 19.3 Å². The van der Waals surface area contributed by atoms with Crippen molar-refractivity contribution in [3.8, 4) is 5.75 Å². The van der Waals surface area contributed by atoms with Gasteiger partial charge in [-0.15, -0.1) is 0 Å². The Bertz CT molecular complexity index is 1200. The number of aromatic nitrogens is 1. The number of halogens is 1. The zero-order chi connectivity index (χ0) is 24.4. The third-order valence-electron chi connectivity index (χ3n) is 6.09. The molecule has 1 aliphatic carbocycles. The molecule has 1 aromatic carbocycles. The van der Waals surface area contributed by atoms with Crippen LogP contribution >= 0.6 is 0 Å². The van der Waals surface area contributed by atoms with Gasteiger partial charge in [-0.3, -0.25) is 5.41 Å². The van der Waals surface area contributed by atoms with Crippen molar-refractivity contribution in [1.82, 2.24) is 15.7 Å². The highest BCUT2D eigenvalue weighted by atomic mass is 19.1. The van der Waals surface area contributed by atoms with Gasteiger partial charge in [0.1, 0.15) is 11.9 Å². The fraction of sp³-hybridized carbons (Fsp3) is 0.360. The van der Waals surface area contributed by atoms with Crippen LogP contribution in [-0.2, 0) is 0 Å². The number of nitrogens with zero attached hydrogens (tertiary/aromatic N) is 2. The van der Waals surface area contributed by atoms with Crippen LogP contribution in [0.5, 0.6) is 5.75 Å². The molecule has 1 atom stereocenters. The first-order valence-corrected chi connectivity index (χ1v) is 11.4. The van der Waals surface area contributed by atoms with E-state index in [1.807, 2.05) is 0 Å². The standard InChI is InChI=1S/C25H30FN7O/c1-13(27)19-10-21(33-30-3)23(28)18-7-6-17(26)9-20(18)14(2)34-22-8-16(12-32-25(22)29)24(19)31-11-15-4-5-15/h6-9,12,14-15,27-28,30-31H,4-5,10-11H2,1-3H3,(H2,29,32)/b24-19-,27-13?,28-23?,33-21-/t14-/m1/s1. The Kier molecular flexibility index (Phi) is 6.63. The lowest BCUT2D eigenvalue weighted by Gasteiger charge is -2.24. The van der Waals surface area contributed by atoms with Gasteiger partial charge < -0.3 is 26.6 Å². The number of rotatable bonds is 5. The summed E-state index contributed by atoms with van der Waals surface area (Å²) in [7, 11) is 1.66. The molecule has 6 N–H and O–H groups in total. The number of nitrogens with two attached hydrogens (primary N) is 1. The molecule has 2 aromatic rings. The predicted octanol–water partition coefficient (Wildman–Crippen LogP) is 4.04. The van der Waals surface area contributed by atoms with E-state index in [2.05, 4.69) is 20.8 Å². The third-order valence-corrected chi connectivity index (χ3v) is 6.09. The van der Waals surface area contributed by atoms with Gasteiger partial charge in [-0.05, 0) is 56.9 Å². The van der Waals surface area contributed by atoms with Crippen LogP contribution < -0.4 is 21.2 Å². The van der Waals surface area contributed by atoms with Crippen molar-refractivity contribution >= 4 is 28.6 Å². The molecule has 1 saturated carbocycles. The Morgan fingerprint density at radius 1 is 1.32 bits per heavy atom. The highest BCUT2D eigenvalue weighted by Crippen LogP contribution is 2.34. The molecule has 8 nitrogen and oxygen atoms in total.